The first-order chi connectivity index (χ1) is 42.1. The Hall–Kier alpha value is -6.97. The minimum Gasteiger partial charge on any atom is -0.494 e. The predicted molar refractivity (Wildman–Crippen MR) is 335 cm³/mol. The molecule has 1 aliphatic carbocycles. The second-order valence-corrected chi connectivity index (χ2v) is 22.5. The highest BCUT2D eigenvalue weighted by atomic mass is 35.5. The maximum Gasteiger partial charge on any atom is 0.325 e. The second-order valence-electron chi connectivity index (χ2n) is 21.2. The van der Waals surface area contributed by atoms with Crippen LogP contribution in [0, 0.1) is 0 Å². The van der Waals surface area contributed by atoms with Crippen LogP contribution in [0.4, 0.5) is 24.4 Å². The highest BCUT2D eigenvalue weighted by Gasteiger charge is 2.52. The van der Waals surface area contributed by atoms with Gasteiger partial charge < -0.3 is 64.6 Å². The Morgan fingerprint density at radius 1 is 0.816 bits per heavy atom. The van der Waals surface area contributed by atoms with E-state index in [2.05, 4.69) is 64.9 Å². The van der Waals surface area contributed by atoms with Crippen LogP contribution in [0.3, 0.4) is 0 Å². The Morgan fingerprint density at radius 2 is 1.46 bits per heavy atom. The molecule has 5 N–H and O–H groups in total. The van der Waals surface area contributed by atoms with E-state index in [1.54, 1.807) is 73.4 Å². The number of unbranched alkanes of at least 4 members (excludes halogenated alkanes) is 1. The molecule has 1 unspecified atom stereocenters. The van der Waals surface area contributed by atoms with Crippen LogP contribution in [0.5, 0.6) is 11.5 Å². The number of hydrazone groups is 1. The van der Waals surface area contributed by atoms with Crippen LogP contribution in [-0.4, -0.2) is 202 Å². The number of hydrogen-bond donors (Lipinski definition) is 4. The van der Waals surface area contributed by atoms with Crippen molar-refractivity contribution >= 4 is 69.8 Å². The third-order valence-corrected chi connectivity index (χ3v) is 15.2. The van der Waals surface area contributed by atoms with Crippen LogP contribution in [0.15, 0.2) is 101 Å². The fraction of sp³-hybridized carbons (Fsp3) is 0.508. The number of aromatic nitrogens is 3. The first-order valence-corrected chi connectivity index (χ1v) is 30.5. The lowest BCUT2D eigenvalue weighted by molar-refractivity contribution is -0.164. The predicted octanol–water partition coefficient (Wildman–Crippen LogP) is 7.39. The van der Waals surface area contributed by atoms with Crippen LogP contribution in [-0.2, 0) is 55.0 Å². The summed E-state index contributed by atoms with van der Waals surface area (Å²) in [5.41, 5.74) is 3.89. The number of hydrogen-bond acceptors (Lipinski definition) is 18. The van der Waals surface area contributed by atoms with E-state index in [4.69, 9.17) is 41.1 Å². The standard InChI is InChI=1S/C55H70ClF2N11O9S.C6H14N2/c1-67(23-28-76-30-29-74-26-20-45(66-59)37-60-21-27-75-31-32-78-49-16-12-44(13-17-49)63-53(73)65-54-64-46(19-24-70)39-79-54)22-3-4-25-77-48-14-7-40(8-15-48)9-18-50(71)69(47-33-55(57,58)34-47)51(42-36-62-68(2)38-42)52(72)61-35-41-5-10-43(56)11-6-41;1-7-3-5-8(2)6-4-7/h5-8,10-17,24,36-39,47,51H,3-4,9,18-23,25-35,59H2,1-2H3,(H,61,72)(H2,63,64,65,73);3-6H2,1-2H3/b60-37?,66-45-;. The molecule has 0 radical (unpaired) electrons. The topological polar surface area (TPSA) is 245 Å². The van der Waals surface area contributed by atoms with E-state index in [9.17, 15) is 28.0 Å². The zero-order valence-corrected chi connectivity index (χ0v) is 51.8. The molecule has 2 fully saturated rings. The van der Waals surface area contributed by atoms with E-state index >= 15 is 0 Å². The summed E-state index contributed by atoms with van der Waals surface area (Å²) in [6.45, 7) is 10.7. The number of halogens is 3. The van der Waals surface area contributed by atoms with Crippen molar-refractivity contribution in [2.75, 3.05) is 130 Å². The number of aryl methyl sites for hydroxylation is 2. The van der Waals surface area contributed by atoms with Gasteiger partial charge in [0.1, 0.15) is 30.4 Å². The van der Waals surface area contributed by atoms with Gasteiger partial charge in [-0.3, -0.25) is 24.6 Å². The fourth-order valence-electron chi connectivity index (χ4n) is 9.04. The number of nitrogens with one attached hydrogen (secondary N) is 3. The molecule has 474 valence electrons. The molecule has 87 heavy (non-hydrogen) atoms. The minimum atomic E-state index is -2.91. The van der Waals surface area contributed by atoms with Gasteiger partial charge in [-0.25, -0.2) is 18.6 Å². The van der Waals surface area contributed by atoms with Gasteiger partial charge in [0, 0.05) is 119 Å². The smallest absolute Gasteiger partial charge is 0.325 e. The number of rotatable bonds is 36. The van der Waals surface area contributed by atoms with Gasteiger partial charge >= 0.3 is 6.03 Å². The maximum atomic E-state index is 14.3. The number of ether oxygens (including phenoxy) is 5. The van der Waals surface area contributed by atoms with Crippen LogP contribution in [0.2, 0.25) is 5.02 Å². The molecule has 0 bridgehead atoms. The number of anilines is 2. The van der Waals surface area contributed by atoms with E-state index in [0.717, 1.165) is 43.3 Å². The summed E-state index contributed by atoms with van der Waals surface area (Å²) in [6.07, 6.45) is 7.32. The molecule has 22 nitrogen and oxygen atoms in total. The number of carbonyl (C=O) groups excluding carboxylic acids is 4. The molecular formula is C61H84ClF2N13O9S. The molecule has 1 saturated carbocycles. The molecule has 4 amide bonds. The number of thiazole rings is 1. The molecule has 1 saturated heterocycles. The van der Waals surface area contributed by atoms with Gasteiger partial charge in [-0.1, -0.05) is 35.9 Å². The molecule has 7 rings (SSSR count). The molecule has 1 atom stereocenters. The van der Waals surface area contributed by atoms with Crippen molar-refractivity contribution in [2.45, 2.75) is 75.9 Å². The highest BCUT2D eigenvalue weighted by molar-refractivity contribution is 7.14. The van der Waals surface area contributed by atoms with Gasteiger partial charge in [-0.05, 0) is 107 Å². The monoisotopic (exact) mass is 1250 g/mol. The number of alkyl halides is 2. The molecule has 0 spiro atoms. The maximum absolute atomic E-state index is 14.3. The van der Waals surface area contributed by atoms with Crippen molar-refractivity contribution in [3.63, 3.8) is 0 Å². The van der Waals surface area contributed by atoms with Gasteiger partial charge in [0.05, 0.1) is 70.4 Å². The summed E-state index contributed by atoms with van der Waals surface area (Å²) in [5.74, 6) is 3.08. The number of benzene rings is 3. The Balaban J connectivity index is 0.00000139. The Kier molecular flexibility index (Phi) is 29.9. The van der Waals surface area contributed by atoms with Gasteiger partial charge in [-0.15, -0.1) is 11.3 Å². The van der Waals surface area contributed by atoms with Gasteiger partial charge in [0.2, 0.25) is 11.8 Å². The summed E-state index contributed by atoms with van der Waals surface area (Å²) in [7, 11) is 8.09. The Labute approximate surface area is 517 Å². The number of nitrogens with zero attached hydrogens (tertiary/aromatic N) is 9. The van der Waals surface area contributed by atoms with E-state index in [1.165, 1.54) is 53.3 Å². The highest BCUT2D eigenvalue weighted by Crippen LogP contribution is 2.43. The average molecular weight is 1250 g/mol. The van der Waals surface area contributed by atoms with E-state index in [0.29, 0.717) is 117 Å². The summed E-state index contributed by atoms with van der Waals surface area (Å²) < 4.78 is 58.8. The summed E-state index contributed by atoms with van der Waals surface area (Å²) in [6, 6.07) is 19.0. The Morgan fingerprint density at radius 3 is 2.11 bits per heavy atom. The number of nitrogens with two attached hydrogens (primary N) is 1. The largest absolute Gasteiger partial charge is 0.494 e. The molecule has 2 aliphatic rings. The second kappa shape index (κ2) is 37.7. The lowest BCUT2D eigenvalue weighted by Crippen LogP contribution is -2.56. The third kappa shape index (κ3) is 26.1. The quantitative estimate of drug-likeness (QED) is 0.0100. The lowest BCUT2D eigenvalue weighted by Gasteiger charge is -2.45. The van der Waals surface area contributed by atoms with Crippen molar-refractivity contribution in [3.8, 4) is 11.5 Å². The third-order valence-electron chi connectivity index (χ3n) is 14.1. The SMILES string of the molecule is CN(CCCCOc1ccc(CCC(=O)N(C2CC(F)(F)C2)C(C(=O)NCc2ccc(Cl)cc2)c2cnn(C)c2)cc1)CCOCCOCC/C(C=NCCOCCOc1ccc(NC(=O)Nc2nc(CC=O)cs2)cc1)=N/N.CN1CCN(C)CC1. The fourth-order valence-corrected chi connectivity index (χ4v) is 9.89. The minimum absolute atomic E-state index is 0.0204. The average Bonchev–Trinajstić information content (AvgIpc) is 2.18. The van der Waals surface area contributed by atoms with Crippen molar-refractivity contribution in [1.82, 2.24) is 39.7 Å². The number of piperazine rings is 1. The van der Waals surface area contributed by atoms with Crippen molar-refractivity contribution < 1.29 is 51.6 Å². The van der Waals surface area contributed by atoms with E-state index in [-0.39, 0.29) is 19.4 Å². The van der Waals surface area contributed by atoms with Crippen molar-refractivity contribution in [1.29, 1.82) is 0 Å². The van der Waals surface area contributed by atoms with Crippen molar-refractivity contribution in [3.05, 3.63) is 118 Å². The van der Waals surface area contributed by atoms with Crippen LogP contribution < -0.4 is 31.3 Å². The first kappa shape index (κ1) is 69.1. The number of amides is 4. The van der Waals surface area contributed by atoms with Crippen LogP contribution in [0.25, 0.3) is 0 Å². The molecule has 26 heteroatoms. The zero-order valence-electron chi connectivity index (χ0n) is 50.3. The molecule has 3 heterocycles. The van der Waals surface area contributed by atoms with Crippen molar-refractivity contribution in [2.24, 2.45) is 23.0 Å². The number of urea groups is 1. The molecule has 5 aromatic rings. The number of likely N-dealkylation sites (N-methyl/N-ethyl adjacent to an activating group) is 3. The van der Waals surface area contributed by atoms with Crippen LogP contribution in [0.1, 0.15) is 67.0 Å². The van der Waals surface area contributed by atoms with Gasteiger partial charge in [-0.2, -0.15) is 10.2 Å². The molecule has 2 aromatic heterocycles. The van der Waals surface area contributed by atoms with Gasteiger partial charge in [0.25, 0.3) is 5.92 Å². The summed E-state index contributed by atoms with van der Waals surface area (Å²) >= 11 is 7.27. The number of aliphatic imine (C=N–C) groups is 1. The van der Waals surface area contributed by atoms with E-state index < -0.39 is 48.7 Å². The van der Waals surface area contributed by atoms with Crippen LogP contribution >= 0.6 is 22.9 Å². The first-order valence-electron chi connectivity index (χ1n) is 29.2. The van der Waals surface area contributed by atoms with E-state index in [1.807, 2.05) is 31.3 Å². The summed E-state index contributed by atoms with van der Waals surface area (Å²) in [5, 5.41) is 18.9. The Bertz CT molecular complexity index is 2880. The molecule has 3 aromatic carbocycles. The van der Waals surface area contributed by atoms with Gasteiger partial charge in [0.15, 0.2) is 5.13 Å². The lowest BCUT2D eigenvalue weighted by atomic mass is 9.84. The number of carbonyl (C=O) groups is 4. The molecule has 1 aliphatic heterocycles. The molecular weight excluding hydrogens is 1160 g/mol. The normalized spacial score (nSPS) is 14.9. The zero-order chi connectivity index (χ0) is 62.2. The number of aldehydes is 1. The summed E-state index contributed by atoms with van der Waals surface area (Å²) in [4.78, 5) is 67.5.